The molecule has 7 nitrogen and oxygen atoms in total. The Balaban J connectivity index is 1.64. The minimum absolute atomic E-state index is 0.0516. The summed E-state index contributed by atoms with van der Waals surface area (Å²) in [5.74, 6) is 0.504. The van der Waals surface area contributed by atoms with Crippen molar-refractivity contribution >= 4 is 17.0 Å². The van der Waals surface area contributed by atoms with Gasteiger partial charge in [-0.05, 0) is 32.9 Å². The van der Waals surface area contributed by atoms with Crippen LogP contribution >= 0.6 is 0 Å². The van der Waals surface area contributed by atoms with E-state index in [9.17, 15) is 10.1 Å². The van der Waals surface area contributed by atoms with Crippen LogP contribution in [0.4, 0.5) is 4.79 Å². The summed E-state index contributed by atoms with van der Waals surface area (Å²) in [5, 5.41) is 17.2. The maximum atomic E-state index is 12.1. The molecular formula is C18H22N4O3. The molecule has 0 atom stereocenters. The first-order valence-electron chi connectivity index (χ1n) is 8.27. The highest BCUT2D eigenvalue weighted by molar-refractivity contribution is 5.86. The van der Waals surface area contributed by atoms with E-state index in [0.717, 1.165) is 5.39 Å². The van der Waals surface area contributed by atoms with Gasteiger partial charge in [0.2, 0.25) is 0 Å². The van der Waals surface area contributed by atoms with Crippen molar-refractivity contribution in [3.63, 3.8) is 0 Å². The van der Waals surface area contributed by atoms with Crippen molar-refractivity contribution < 1.29 is 14.3 Å². The zero-order chi connectivity index (χ0) is 18.2. The summed E-state index contributed by atoms with van der Waals surface area (Å²) in [7, 11) is 1.74. The van der Waals surface area contributed by atoms with E-state index < -0.39 is 5.60 Å². The second-order valence-corrected chi connectivity index (χ2v) is 7.33. The van der Waals surface area contributed by atoms with E-state index in [1.807, 2.05) is 26.8 Å². The monoisotopic (exact) mass is 342 g/mol. The molecule has 3 rings (SSSR count). The van der Waals surface area contributed by atoms with E-state index in [1.165, 1.54) is 0 Å². The fourth-order valence-corrected chi connectivity index (χ4v) is 2.79. The maximum Gasteiger partial charge on any atom is 0.410 e. The Kier molecular flexibility index (Phi) is 4.29. The molecule has 1 heterocycles. The van der Waals surface area contributed by atoms with Crippen molar-refractivity contribution in [3.8, 4) is 11.8 Å². The summed E-state index contributed by atoms with van der Waals surface area (Å²) in [5.41, 5.74) is 0.606. The Labute approximate surface area is 146 Å². The fraction of sp³-hybridized carbons (Fsp3) is 0.500. The number of amides is 1. The van der Waals surface area contributed by atoms with Crippen molar-refractivity contribution in [3.05, 3.63) is 23.9 Å². The zero-order valence-corrected chi connectivity index (χ0v) is 14.9. The Bertz CT molecular complexity index is 825. The van der Waals surface area contributed by atoms with Gasteiger partial charge in [-0.15, -0.1) is 0 Å². The lowest BCUT2D eigenvalue weighted by Crippen LogP contribution is -2.51. The van der Waals surface area contributed by atoms with Crippen molar-refractivity contribution in [2.24, 2.45) is 0 Å². The van der Waals surface area contributed by atoms with Crippen molar-refractivity contribution in [2.75, 3.05) is 7.05 Å². The molecule has 0 spiro atoms. The van der Waals surface area contributed by atoms with Gasteiger partial charge in [0.25, 0.3) is 0 Å². The third kappa shape index (κ3) is 3.53. The molecule has 0 bridgehead atoms. The number of benzene rings is 1. The predicted molar refractivity (Wildman–Crippen MR) is 92.2 cm³/mol. The second-order valence-electron chi connectivity index (χ2n) is 7.33. The molecule has 25 heavy (non-hydrogen) atoms. The molecule has 0 saturated heterocycles. The van der Waals surface area contributed by atoms with Crippen LogP contribution in [0.1, 0.15) is 39.2 Å². The number of nitrogens with one attached hydrogen (secondary N) is 1. The van der Waals surface area contributed by atoms with Crippen LogP contribution in [0.5, 0.6) is 5.75 Å². The van der Waals surface area contributed by atoms with Gasteiger partial charge in [0.15, 0.2) is 5.75 Å². The third-order valence-corrected chi connectivity index (χ3v) is 4.26. The van der Waals surface area contributed by atoms with E-state index in [4.69, 9.17) is 9.47 Å². The lowest BCUT2D eigenvalue weighted by molar-refractivity contribution is -0.00852. The molecule has 0 aliphatic heterocycles. The zero-order valence-electron chi connectivity index (χ0n) is 14.9. The molecule has 0 radical (unpaired) electrons. The Morgan fingerprint density at radius 1 is 1.40 bits per heavy atom. The number of ether oxygens (including phenoxy) is 2. The van der Waals surface area contributed by atoms with Crippen molar-refractivity contribution in [1.82, 2.24) is 15.1 Å². The fourth-order valence-electron chi connectivity index (χ4n) is 2.79. The number of aromatic amines is 1. The van der Waals surface area contributed by atoms with E-state index in [-0.39, 0.29) is 18.2 Å². The van der Waals surface area contributed by atoms with Crippen LogP contribution in [0.3, 0.4) is 0 Å². The molecule has 7 heteroatoms. The predicted octanol–water partition coefficient (Wildman–Crippen LogP) is 3.21. The first-order valence-corrected chi connectivity index (χ1v) is 8.27. The first kappa shape index (κ1) is 17.1. The standard InChI is InChI=1S/C18H22N4O3/c1-18(2,3)25-17(23)22(4)13-7-14(8-13)24-16-11(9-19)5-6-12-10-20-21-15(12)16/h5-6,10,13-14H,7-8H2,1-4H3,(H,20,21). The molecule has 1 aromatic carbocycles. The quantitative estimate of drug-likeness (QED) is 0.925. The van der Waals surface area contributed by atoms with Crippen LogP contribution < -0.4 is 4.74 Å². The highest BCUT2D eigenvalue weighted by atomic mass is 16.6. The number of hydrogen-bond donors (Lipinski definition) is 1. The van der Waals surface area contributed by atoms with Crippen LogP contribution in [-0.2, 0) is 4.74 Å². The number of carbonyl (C=O) groups excluding carboxylic acids is 1. The van der Waals surface area contributed by atoms with Gasteiger partial charge in [0, 0.05) is 37.5 Å². The average molecular weight is 342 g/mol. The summed E-state index contributed by atoms with van der Waals surface area (Å²) in [4.78, 5) is 13.7. The van der Waals surface area contributed by atoms with Gasteiger partial charge < -0.3 is 14.4 Å². The van der Waals surface area contributed by atoms with Gasteiger partial charge in [0.1, 0.15) is 23.3 Å². The number of aromatic nitrogens is 2. The van der Waals surface area contributed by atoms with Crippen LogP contribution in [0.2, 0.25) is 0 Å². The summed E-state index contributed by atoms with van der Waals surface area (Å²) < 4.78 is 11.4. The molecular weight excluding hydrogens is 320 g/mol. The molecule has 0 unspecified atom stereocenters. The van der Waals surface area contributed by atoms with Gasteiger partial charge in [-0.25, -0.2) is 4.79 Å². The summed E-state index contributed by atoms with van der Waals surface area (Å²) in [6.45, 7) is 5.54. The van der Waals surface area contributed by atoms with E-state index in [0.29, 0.717) is 29.7 Å². The van der Waals surface area contributed by atoms with Crippen LogP contribution in [0, 0.1) is 11.3 Å². The molecule has 1 aliphatic rings. The lowest BCUT2D eigenvalue weighted by atomic mass is 9.88. The number of carbonyl (C=O) groups is 1. The van der Waals surface area contributed by atoms with E-state index in [2.05, 4.69) is 16.3 Å². The molecule has 1 fully saturated rings. The molecule has 1 aliphatic carbocycles. The van der Waals surface area contributed by atoms with Crippen LogP contribution in [-0.4, -0.2) is 46.0 Å². The van der Waals surface area contributed by atoms with Gasteiger partial charge in [-0.2, -0.15) is 10.4 Å². The topological polar surface area (TPSA) is 91.2 Å². The highest BCUT2D eigenvalue weighted by Crippen LogP contribution is 2.34. The second kappa shape index (κ2) is 6.28. The minimum Gasteiger partial charge on any atom is -0.487 e. The van der Waals surface area contributed by atoms with Crippen molar-refractivity contribution in [1.29, 1.82) is 5.26 Å². The first-order chi connectivity index (χ1) is 11.8. The van der Waals surface area contributed by atoms with Gasteiger partial charge in [0.05, 0.1) is 5.56 Å². The molecule has 1 aromatic heterocycles. The highest BCUT2D eigenvalue weighted by Gasteiger charge is 2.38. The molecule has 1 amide bonds. The largest absolute Gasteiger partial charge is 0.487 e. The van der Waals surface area contributed by atoms with E-state index in [1.54, 1.807) is 24.2 Å². The Hall–Kier alpha value is -2.75. The SMILES string of the molecule is CN(C(=O)OC(C)(C)C)C1CC(Oc2c(C#N)ccc3c[nH]nc23)C1. The number of fused-ring (bicyclic) bond motifs is 1. The van der Waals surface area contributed by atoms with Crippen LogP contribution in [0.25, 0.3) is 10.9 Å². The smallest absolute Gasteiger partial charge is 0.410 e. The number of nitriles is 1. The summed E-state index contributed by atoms with van der Waals surface area (Å²) in [6, 6.07) is 5.79. The average Bonchev–Trinajstić information content (AvgIpc) is 2.96. The van der Waals surface area contributed by atoms with Crippen LogP contribution in [0.15, 0.2) is 18.3 Å². The Morgan fingerprint density at radius 2 is 2.12 bits per heavy atom. The Morgan fingerprint density at radius 3 is 2.76 bits per heavy atom. The molecule has 2 aromatic rings. The van der Waals surface area contributed by atoms with Crippen molar-refractivity contribution in [2.45, 2.75) is 51.4 Å². The lowest BCUT2D eigenvalue weighted by Gasteiger charge is -2.41. The molecule has 1 saturated carbocycles. The minimum atomic E-state index is -0.512. The number of H-pyrrole nitrogens is 1. The third-order valence-electron chi connectivity index (χ3n) is 4.26. The van der Waals surface area contributed by atoms with Gasteiger partial charge in [-0.1, -0.05) is 0 Å². The van der Waals surface area contributed by atoms with Gasteiger partial charge >= 0.3 is 6.09 Å². The number of hydrogen-bond acceptors (Lipinski definition) is 5. The molecule has 1 N–H and O–H groups in total. The van der Waals surface area contributed by atoms with E-state index >= 15 is 0 Å². The summed E-state index contributed by atoms with van der Waals surface area (Å²) >= 11 is 0. The van der Waals surface area contributed by atoms with Gasteiger partial charge in [-0.3, -0.25) is 5.10 Å². The number of rotatable bonds is 3. The number of nitrogens with zero attached hydrogens (tertiary/aromatic N) is 3. The normalized spacial score (nSPS) is 19.8. The maximum absolute atomic E-state index is 12.1. The molecule has 132 valence electrons. The summed E-state index contributed by atoms with van der Waals surface area (Å²) in [6.07, 6.45) is 2.78.